The molecule has 2 aromatic carbocycles. The van der Waals surface area contributed by atoms with Gasteiger partial charge in [-0.05, 0) is 29.7 Å². The quantitative estimate of drug-likeness (QED) is 0.591. The Morgan fingerprint density at radius 1 is 1.00 bits per heavy atom. The lowest BCUT2D eigenvalue weighted by Gasteiger charge is -2.33. The maximum atomic E-state index is 13.0. The van der Waals surface area contributed by atoms with E-state index < -0.39 is 18.0 Å². The predicted octanol–water partition coefficient (Wildman–Crippen LogP) is 1.82. The van der Waals surface area contributed by atoms with Crippen molar-refractivity contribution in [1.29, 1.82) is 0 Å². The molecule has 2 aromatic rings. The third-order valence-corrected chi connectivity index (χ3v) is 7.01. The summed E-state index contributed by atoms with van der Waals surface area (Å²) in [6.07, 6.45) is -0.326. The minimum Gasteiger partial charge on any atom is -0.489 e. The van der Waals surface area contributed by atoms with Gasteiger partial charge in [0.15, 0.2) is 0 Å². The molecule has 4 amide bonds. The normalized spacial score (nSPS) is 20.3. The van der Waals surface area contributed by atoms with Gasteiger partial charge in [-0.2, -0.15) is 0 Å². The number of amides is 4. The fourth-order valence-corrected chi connectivity index (χ4v) is 4.95. The van der Waals surface area contributed by atoms with Gasteiger partial charge in [0, 0.05) is 50.3 Å². The number of carboxylic acid groups (broad SMARTS) is 1. The van der Waals surface area contributed by atoms with Crippen LogP contribution in [0.15, 0.2) is 42.5 Å². The molecule has 0 spiro atoms. The maximum Gasteiger partial charge on any atom is 0.407 e. The molecule has 0 saturated carbocycles. The number of hydrogen-bond donors (Lipinski definition) is 2. The van der Waals surface area contributed by atoms with Crippen LogP contribution < -0.4 is 10.1 Å². The Balaban J connectivity index is 1.18. The number of piperazine rings is 1. The first kappa shape index (κ1) is 23.8. The number of imide groups is 1. The zero-order valence-electron chi connectivity index (χ0n) is 19.8. The van der Waals surface area contributed by atoms with E-state index in [9.17, 15) is 19.2 Å². The van der Waals surface area contributed by atoms with E-state index in [0.29, 0.717) is 50.5 Å². The van der Waals surface area contributed by atoms with Crippen molar-refractivity contribution in [2.24, 2.45) is 0 Å². The highest BCUT2D eigenvalue weighted by molar-refractivity contribution is 6.05. The molecule has 188 valence electrons. The Kier molecular flexibility index (Phi) is 6.60. The van der Waals surface area contributed by atoms with E-state index >= 15 is 0 Å². The minimum absolute atomic E-state index is 0.217. The highest BCUT2D eigenvalue weighted by Crippen LogP contribution is 2.34. The molecule has 2 saturated heterocycles. The summed E-state index contributed by atoms with van der Waals surface area (Å²) in [5, 5.41) is 11.4. The van der Waals surface area contributed by atoms with Crippen LogP contribution in [0, 0.1) is 0 Å². The second-order valence-corrected chi connectivity index (χ2v) is 9.33. The number of nitrogens with zero attached hydrogens (tertiary/aromatic N) is 3. The zero-order chi connectivity index (χ0) is 25.2. The summed E-state index contributed by atoms with van der Waals surface area (Å²) < 4.78 is 6.08. The molecule has 1 unspecified atom stereocenters. The van der Waals surface area contributed by atoms with Crippen LogP contribution in [0.3, 0.4) is 0 Å². The smallest absolute Gasteiger partial charge is 0.407 e. The van der Waals surface area contributed by atoms with Crippen LogP contribution in [-0.4, -0.2) is 75.8 Å². The van der Waals surface area contributed by atoms with E-state index in [4.69, 9.17) is 9.84 Å². The molecule has 3 aliphatic rings. The van der Waals surface area contributed by atoms with E-state index in [1.807, 2.05) is 30.3 Å². The number of carbonyl (C=O) groups is 4. The van der Waals surface area contributed by atoms with Crippen LogP contribution in [-0.2, 0) is 29.3 Å². The van der Waals surface area contributed by atoms with Gasteiger partial charge in [0.2, 0.25) is 11.8 Å². The Morgan fingerprint density at radius 2 is 1.72 bits per heavy atom. The molecular weight excluding hydrogens is 464 g/mol. The molecule has 3 aliphatic heterocycles. The van der Waals surface area contributed by atoms with Crippen molar-refractivity contribution in [3.8, 4) is 5.75 Å². The Hall–Kier alpha value is -3.92. The standard InChI is InChI=1S/C26H28N4O6/c31-23-9-8-21(24(32)27-23)30-15-20-19(25(30)33)2-1-3-22(20)36-16-18-6-4-17(5-7-18)14-28-10-12-29(13-11-28)26(34)35/h1-7,21H,8-16H2,(H,34,35)(H,27,31,32). The fraction of sp³-hybridized carbons (Fsp3) is 0.385. The van der Waals surface area contributed by atoms with Crippen molar-refractivity contribution in [2.45, 2.75) is 38.6 Å². The van der Waals surface area contributed by atoms with Gasteiger partial charge < -0.3 is 19.6 Å². The SMILES string of the molecule is O=C1CCC(N2Cc3c(OCc4ccc(CN5CCN(C(=O)O)CC5)cc4)cccc3C2=O)C(=O)N1. The molecule has 0 aliphatic carbocycles. The molecule has 0 bridgehead atoms. The average Bonchev–Trinajstić information content (AvgIpc) is 3.21. The molecule has 1 atom stereocenters. The number of benzene rings is 2. The number of hydrogen-bond acceptors (Lipinski definition) is 6. The monoisotopic (exact) mass is 492 g/mol. The van der Waals surface area contributed by atoms with Gasteiger partial charge >= 0.3 is 6.09 Å². The Bertz CT molecular complexity index is 1190. The first-order valence-corrected chi connectivity index (χ1v) is 12.1. The zero-order valence-corrected chi connectivity index (χ0v) is 19.8. The number of carbonyl (C=O) groups excluding carboxylic acids is 3. The van der Waals surface area contributed by atoms with E-state index in [1.54, 1.807) is 12.1 Å². The highest BCUT2D eigenvalue weighted by atomic mass is 16.5. The van der Waals surface area contributed by atoms with Crippen LogP contribution in [0.5, 0.6) is 5.75 Å². The summed E-state index contributed by atoms with van der Waals surface area (Å²) in [6.45, 7) is 3.83. The van der Waals surface area contributed by atoms with Crippen LogP contribution in [0.4, 0.5) is 4.79 Å². The lowest BCUT2D eigenvalue weighted by Crippen LogP contribution is -2.52. The second-order valence-electron chi connectivity index (χ2n) is 9.33. The Labute approximate surface area is 208 Å². The summed E-state index contributed by atoms with van der Waals surface area (Å²) in [4.78, 5) is 53.0. The van der Waals surface area contributed by atoms with Gasteiger partial charge in [-0.25, -0.2) is 4.79 Å². The summed E-state index contributed by atoms with van der Waals surface area (Å²) in [7, 11) is 0. The van der Waals surface area contributed by atoms with Crippen molar-refractivity contribution >= 4 is 23.8 Å². The van der Waals surface area contributed by atoms with Crippen LogP contribution in [0.1, 0.15) is 39.9 Å². The van der Waals surface area contributed by atoms with Crippen LogP contribution >= 0.6 is 0 Å². The third-order valence-electron chi connectivity index (χ3n) is 7.01. The highest BCUT2D eigenvalue weighted by Gasteiger charge is 2.40. The maximum absolute atomic E-state index is 13.0. The number of fused-ring (bicyclic) bond motifs is 1. The van der Waals surface area contributed by atoms with Gasteiger partial charge in [0.05, 0.1) is 6.54 Å². The first-order chi connectivity index (χ1) is 17.4. The number of ether oxygens (including phenoxy) is 1. The number of nitrogens with one attached hydrogen (secondary N) is 1. The summed E-state index contributed by atoms with van der Waals surface area (Å²) >= 11 is 0. The van der Waals surface area contributed by atoms with E-state index in [0.717, 1.165) is 23.2 Å². The molecule has 0 aromatic heterocycles. The first-order valence-electron chi connectivity index (χ1n) is 12.1. The van der Waals surface area contributed by atoms with Gasteiger partial charge in [-0.3, -0.25) is 24.6 Å². The minimum atomic E-state index is -0.865. The summed E-state index contributed by atoms with van der Waals surface area (Å²) in [5.74, 6) is -0.357. The molecule has 5 rings (SSSR count). The van der Waals surface area contributed by atoms with Crippen LogP contribution in [0.25, 0.3) is 0 Å². The van der Waals surface area contributed by atoms with Gasteiger partial charge in [-0.1, -0.05) is 30.3 Å². The predicted molar refractivity (Wildman–Crippen MR) is 128 cm³/mol. The van der Waals surface area contributed by atoms with Gasteiger partial charge in [0.25, 0.3) is 5.91 Å². The summed E-state index contributed by atoms with van der Waals surface area (Å²) in [5.41, 5.74) is 3.41. The van der Waals surface area contributed by atoms with Crippen molar-refractivity contribution in [3.63, 3.8) is 0 Å². The molecule has 2 N–H and O–H groups in total. The second kappa shape index (κ2) is 9.98. The van der Waals surface area contributed by atoms with Gasteiger partial charge in [0.1, 0.15) is 18.4 Å². The molecule has 10 nitrogen and oxygen atoms in total. The molecule has 10 heteroatoms. The molecular formula is C26H28N4O6. The molecule has 0 radical (unpaired) electrons. The molecule has 2 fully saturated rings. The molecule has 3 heterocycles. The third kappa shape index (κ3) is 4.90. The average molecular weight is 493 g/mol. The van der Waals surface area contributed by atoms with E-state index in [1.165, 1.54) is 9.80 Å². The van der Waals surface area contributed by atoms with Crippen molar-refractivity contribution in [3.05, 3.63) is 64.7 Å². The number of piperidine rings is 1. The summed E-state index contributed by atoms with van der Waals surface area (Å²) in [6, 6.07) is 12.8. The van der Waals surface area contributed by atoms with Crippen molar-refractivity contribution in [1.82, 2.24) is 20.0 Å². The lowest BCUT2D eigenvalue weighted by atomic mass is 10.0. The van der Waals surface area contributed by atoms with E-state index in [2.05, 4.69) is 10.2 Å². The fourth-order valence-electron chi connectivity index (χ4n) is 4.95. The van der Waals surface area contributed by atoms with E-state index in [-0.39, 0.29) is 24.8 Å². The van der Waals surface area contributed by atoms with Gasteiger partial charge in [-0.15, -0.1) is 0 Å². The Morgan fingerprint density at radius 3 is 2.42 bits per heavy atom. The topological polar surface area (TPSA) is 119 Å². The lowest BCUT2D eigenvalue weighted by molar-refractivity contribution is -0.136. The van der Waals surface area contributed by atoms with Crippen molar-refractivity contribution in [2.75, 3.05) is 26.2 Å². The van der Waals surface area contributed by atoms with Crippen molar-refractivity contribution < 1.29 is 29.0 Å². The largest absolute Gasteiger partial charge is 0.489 e. The number of rotatable bonds is 6. The van der Waals surface area contributed by atoms with Crippen LogP contribution in [0.2, 0.25) is 0 Å². The molecule has 36 heavy (non-hydrogen) atoms.